The molecule has 1 amide bonds. The minimum absolute atomic E-state index is 0.00443. The number of carbonyl (C=O) groups excluding carboxylic acids is 1. The second-order valence-corrected chi connectivity index (χ2v) is 8.49. The fourth-order valence-corrected chi connectivity index (χ4v) is 4.45. The largest absolute Gasteiger partial charge is 0.348 e. The van der Waals surface area contributed by atoms with Crippen molar-refractivity contribution < 1.29 is 13.2 Å². The van der Waals surface area contributed by atoms with E-state index >= 15 is 0 Å². The number of hydrogen-bond donors (Lipinski definition) is 1. The molecule has 6 nitrogen and oxygen atoms in total. The molecule has 1 aromatic rings. The van der Waals surface area contributed by atoms with E-state index in [0.717, 1.165) is 0 Å². The quantitative estimate of drug-likeness (QED) is 0.903. The van der Waals surface area contributed by atoms with E-state index < -0.39 is 9.84 Å². The van der Waals surface area contributed by atoms with Gasteiger partial charge in [0.1, 0.15) is 5.15 Å². The second-order valence-electron chi connectivity index (χ2n) is 5.90. The molecule has 1 N–H and O–H groups in total. The summed E-state index contributed by atoms with van der Waals surface area (Å²) in [5.41, 5.74) is 0.889. The third kappa shape index (κ3) is 3.77. The van der Waals surface area contributed by atoms with Gasteiger partial charge in [0.15, 0.2) is 9.84 Å². The van der Waals surface area contributed by atoms with Crippen LogP contribution in [0.1, 0.15) is 36.3 Å². The lowest BCUT2D eigenvalue weighted by Crippen LogP contribution is -2.35. The van der Waals surface area contributed by atoms with Gasteiger partial charge in [0.05, 0.1) is 22.8 Å². The summed E-state index contributed by atoms with van der Waals surface area (Å²) < 4.78 is 24.5. The summed E-state index contributed by atoms with van der Waals surface area (Å²) in [6.45, 7) is 6.43. The minimum Gasteiger partial charge on any atom is -0.348 e. The van der Waals surface area contributed by atoms with Gasteiger partial charge in [0.2, 0.25) is 0 Å². The zero-order chi connectivity index (χ0) is 15.8. The molecule has 21 heavy (non-hydrogen) atoms. The summed E-state index contributed by atoms with van der Waals surface area (Å²) in [7, 11) is -3.02. The first-order chi connectivity index (χ1) is 9.69. The van der Waals surface area contributed by atoms with Gasteiger partial charge in [-0.3, -0.25) is 9.48 Å². The van der Waals surface area contributed by atoms with Crippen LogP contribution in [0, 0.1) is 12.8 Å². The molecule has 1 fully saturated rings. The average molecular weight is 334 g/mol. The van der Waals surface area contributed by atoms with Gasteiger partial charge in [-0.2, -0.15) is 5.10 Å². The van der Waals surface area contributed by atoms with E-state index in [0.29, 0.717) is 35.3 Å². The maximum Gasteiger partial charge on any atom is 0.256 e. The van der Waals surface area contributed by atoms with Gasteiger partial charge in [-0.25, -0.2) is 8.42 Å². The summed E-state index contributed by atoms with van der Waals surface area (Å²) >= 11 is 6.23. The van der Waals surface area contributed by atoms with Gasteiger partial charge in [-0.05, 0) is 19.3 Å². The van der Waals surface area contributed by atoms with Crippen molar-refractivity contribution in [2.75, 3.05) is 11.5 Å². The summed E-state index contributed by atoms with van der Waals surface area (Å²) in [5, 5.41) is 7.33. The third-order valence-electron chi connectivity index (χ3n) is 3.40. The Morgan fingerprint density at radius 2 is 2.19 bits per heavy atom. The molecule has 1 unspecified atom stereocenters. The van der Waals surface area contributed by atoms with Crippen molar-refractivity contribution in [3.05, 3.63) is 16.4 Å². The number of rotatable bonds is 4. The Morgan fingerprint density at radius 3 is 2.71 bits per heavy atom. The van der Waals surface area contributed by atoms with Gasteiger partial charge in [-0.15, -0.1) is 0 Å². The van der Waals surface area contributed by atoms with E-state index in [1.165, 1.54) is 0 Å². The molecule has 2 rings (SSSR count). The lowest BCUT2D eigenvalue weighted by Gasteiger charge is -2.11. The van der Waals surface area contributed by atoms with E-state index in [1.807, 2.05) is 13.8 Å². The Balaban J connectivity index is 2.14. The normalized spacial score (nSPS) is 20.9. The third-order valence-corrected chi connectivity index (χ3v) is 5.55. The highest BCUT2D eigenvalue weighted by molar-refractivity contribution is 7.91. The summed E-state index contributed by atoms with van der Waals surface area (Å²) in [6, 6.07) is -0.341. The molecule has 1 saturated heterocycles. The van der Waals surface area contributed by atoms with Crippen LogP contribution in [-0.2, 0) is 16.4 Å². The molecular weight excluding hydrogens is 314 g/mol. The number of amides is 1. The number of carbonyl (C=O) groups is 1. The topological polar surface area (TPSA) is 81.1 Å². The molecule has 0 aromatic carbocycles. The average Bonchev–Trinajstić information content (AvgIpc) is 2.79. The molecular formula is C13H20ClN3O3S. The Hall–Kier alpha value is -1.08. The van der Waals surface area contributed by atoms with Gasteiger partial charge in [-0.1, -0.05) is 25.4 Å². The van der Waals surface area contributed by atoms with Crippen LogP contribution < -0.4 is 5.32 Å². The number of nitrogens with one attached hydrogen (secondary N) is 1. The number of aromatic nitrogens is 2. The number of halogens is 1. The number of hydrogen-bond acceptors (Lipinski definition) is 4. The van der Waals surface area contributed by atoms with E-state index in [1.54, 1.807) is 11.6 Å². The lowest BCUT2D eigenvalue weighted by atomic mass is 10.2. The first kappa shape index (κ1) is 16.3. The standard InChI is InChI=1S/C13H20ClN3O3S/c1-8(2)6-17-12(14)11(9(3)16-17)13(18)15-10-4-5-21(19,20)7-10/h8,10H,4-7H2,1-3H3,(H,15,18). The van der Waals surface area contributed by atoms with Crippen LogP contribution in [0.2, 0.25) is 5.15 Å². The SMILES string of the molecule is Cc1nn(CC(C)C)c(Cl)c1C(=O)NC1CCS(=O)(=O)C1. The van der Waals surface area contributed by atoms with Crippen LogP contribution >= 0.6 is 11.6 Å². The van der Waals surface area contributed by atoms with Crippen molar-refractivity contribution >= 4 is 27.3 Å². The van der Waals surface area contributed by atoms with Crippen molar-refractivity contribution in [2.24, 2.45) is 5.92 Å². The number of aryl methyl sites for hydroxylation is 1. The molecule has 2 heterocycles. The predicted molar refractivity (Wildman–Crippen MR) is 81.3 cm³/mol. The highest BCUT2D eigenvalue weighted by atomic mass is 35.5. The molecule has 0 spiro atoms. The number of sulfone groups is 1. The highest BCUT2D eigenvalue weighted by Crippen LogP contribution is 2.21. The highest BCUT2D eigenvalue weighted by Gasteiger charge is 2.30. The van der Waals surface area contributed by atoms with Crippen LogP contribution in [-0.4, -0.2) is 41.7 Å². The van der Waals surface area contributed by atoms with Gasteiger partial charge in [0.25, 0.3) is 5.91 Å². The molecule has 1 aromatic heterocycles. The fraction of sp³-hybridized carbons (Fsp3) is 0.692. The Labute approximate surface area is 129 Å². The van der Waals surface area contributed by atoms with Crippen molar-refractivity contribution in [2.45, 2.75) is 39.8 Å². The van der Waals surface area contributed by atoms with Gasteiger partial charge < -0.3 is 5.32 Å². The van der Waals surface area contributed by atoms with Crippen molar-refractivity contribution in [1.82, 2.24) is 15.1 Å². The molecule has 0 bridgehead atoms. The minimum atomic E-state index is -3.02. The predicted octanol–water partition coefficient (Wildman–Crippen LogP) is 1.42. The maximum atomic E-state index is 12.3. The van der Waals surface area contributed by atoms with E-state index in [-0.39, 0.29) is 23.5 Å². The summed E-state index contributed by atoms with van der Waals surface area (Å²) in [5.74, 6) is 0.125. The molecule has 0 aliphatic carbocycles. The van der Waals surface area contributed by atoms with Crippen LogP contribution in [0.15, 0.2) is 0 Å². The zero-order valence-electron chi connectivity index (χ0n) is 12.4. The molecule has 1 atom stereocenters. The lowest BCUT2D eigenvalue weighted by molar-refractivity contribution is 0.0940. The zero-order valence-corrected chi connectivity index (χ0v) is 14.0. The van der Waals surface area contributed by atoms with E-state index in [9.17, 15) is 13.2 Å². The smallest absolute Gasteiger partial charge is 0.256 e. The Bertz CT molecular complexity index is 652. The molecule has 118 valence electrons. The van der Waals surface area contributed by atoms with Gasteiger partial charge >= 0.3 is 0 Å². The van der Waals surface area contributed by atoms with Crippen molar-refractivity contribution in [1.29, 1.82) is 0 Å². The maximum absolute atomic E-state index is 12.3. The van der Waals surface area contributed by atoms with Crippen LogP contribution in [0.3, 0.4) is 0 Å². The van der Waals surface area contributed by atoms with Crippen LogP contribution in [0.5, 0.6) is 0 Å². The first-order valence-corrected chi connectivity index (χ1v) is 9.13. The fourth-order valence-electron chi connectivity index (χ4n) is 2.44. The molecule has 1 aliphatic heterocycles. The second kappa shape index (κ2) is 5.96. The summed E-state index contributed by atoms with van der Waals surface area (Å²) in [4.78, 5) is 12.3. The Kier molecular flexibility index (Phi) is 4.63. The van der Waals surface area contributed by atoms with E-state index in [4.69, 9.17) is 11.6 Å². The molecule has 8 heteroatoms. The van der Waals surface area contributed by atoms with Crippen molar-refractivity contribution in [3.8, 4) is 0 Å². The monoisotopic (exact) mass is 333 g/mol. The molecule has 0 saturated carbocycles. The molecule has 0 radical (unpaired) electrons. The van der Waals surface area contributed by atoms with Gasteiger partial charge in [0, 0.05) is 12.6 Å². The van der Waals surface area contributed by atoms with Crippen LogP contribution in [0.4, 0.5) is 0 Å². The number of nitrogens with zero attached hydrogens (tertiary/aromatic N) is 2. The van der Waals surface area contributed by atoms with E-state index in [2.05, 4.69) is 10.4 Å². The Morgan fingerprint density at radius 1 is 1.52 bits per heavy atom. The summed E-state index contributed by atoms with van der Waals surface area (Å²) in [6.07, 6.45) is 0.449. The first-order valence-electron chi connectivity index (χ1n) is 6.94. The van der Waals surface area contributed by atoms with Crippen LogP contribution in [0.25, 0.3) is 0 Å². The molecule has 1 aliphatic rings. The van der Waals surface area contributed by atoms with Crippen molar-refractivity contribution in [3.63, 3.8) is 0 Å².